The third kappa shape index (κ3) is 3.41. The third-order valence-corrected chi connectivity index (χ3v) is 8.24. The summed E-state index contributed by atoms with van der Waals surface area (Å²) >= 11 is 0. The maximum absolute atomic E-state index is 13.2. The highest BCUT2D eigenvalue weighted by atomic mass is 32.2. The van der Waals surface area contributed by atoms with Crippen LogP contribution in [0.25, 0.3) is 0 Å². The molecule has 32 heavy (non-hydrogen) atoms. The van der Waals surface area contributed by atoms with Gasteiger partial charge in [-0.25, -0.2) is 13.5 Å². The highest BCUT2D eigenvalue weighted by molar-refractivity contribution is 7.91. The van der Waals surface area contributed by atoms with Gasteiger partial charge in [-0.15, -0.1) is 5.10 Å². The molecule has 5 rings (SSSR count). The lowest BCUT2D eigenvalue weighted by Crippen LogP contribution is -2.19. The molecule has 1 aromatic carbocycles. The Labute approximate surface area is 188 Å². The zero-order chi connectivity index (χ0) is 22.6. The average Bonchev–Trinajstić information content (AvgIpc) is 3.53. The zero-order valence-electron chi connectivity index (χ0n) is 18.9. The Hall–Kier alpha value is -2.72. The van der Waals surface area contributed by atoms with Gasteiger partial charge < -0.3 is 10.2 Å². The number of aromatic nitrogens is 5. The fourth-order valence-corrected chi connectivity index (χ4v) is 5.92. The predicted molar refractivity (Wildman–Crippen MR) is 121 cm³/mol. The number of aryl methyl sites for hydroxylation is 3. The molecule has 0 bridgehead atoms. The van der Waals surface area contributed by atoms with E-state index in [1.807, 2.05) is 25.9 Å². The van der Waals surface area contributed by atoms with Gasteiger partial charge in [-0.3, -0.25) is 4.68 Å². The van der Waals surface area contributed by atoms with Gasteiger partial charge in [-0.05, 0) is 81.8 Å². The topological polar surface area (TPSA) is 109 Å². The summed E-state index contributed by atoms with van der Waals surface area (Å²) in [5.74, 6) is 0.274. The predicted octanol–water partition coefficient (Wildman–Crippen LogP) is 2.71. The number of nitrogens with one attached hydrogen (secondary N) is 2. The van der Waals surface area contributed by atoms with Crippen molar-refractivity contribution < 1.29 is 8.42 Å². The van der Waals surface area contributed by atoms with Crippen LogP contribution in [0.1, 0.15) is 53.8 Å². The zero-order valence-corrected chi connectivity index (χ0v) is 19.8. The molecule has 0 amide bonds. The molecule has 2 aromatic heterocycles. The van der Waals surface area contributed by atoms with Crippen LogP contribution in [0.4, 0.5) is 11.6 Å². The molecule has 170 valence electrons. The Bertz CT molecular complexity index is 1260. The normalized spacial score (nSPS) is 16.4. The van der Waals surface area contributed by atoms with Gasteiger partial charge in [0.25, 0.3) is 15.0 Å². The second kappa shape index (κ2) is 7.70. The fraction of sp³-hybridized carbons (Fsp3) is 0.500. The summed E-state index contributed by atoms with van der Waals surface area (Å²) in [6, 6.07) is 3.98. The van der Waals surface area contributed by atoms with E-state index >= 15 is 0 Å². The molecular formula is C22H29N7O2S. The van der Waals surface area contributed by atoms with E-state index in [4.69, 9.17) is 0 Å². The summed E-state index contributed by atoms with van der Waals surface area (Å²) in [5.41, 5.74) is 7.33. The minimum Gasteiger partial charge on any atom is -0.322 e. The van der Waals surface area contributed by atoms with E-state index in [2.05, 4.69) is 31.7 Å². The number of hydrogen-bond acceptors (Lipinski definition) is 7. The average molecular weight is 456 g/mol. The molecule has 2 heterocycles. The van der Waals surface area contributed by atoms with Gasteiger partial charge in [-0.2, -0.15) is 10.1 Å². The lowest BCUT2D eigenvalue weighted by Gasteiger charge is -2.19. The van der Waals surface area contributed by atoms with Crippen LogP contribution in [0, 0.1) is 0 Å². The van der Waals surface area contributed by atoms with Crippen LogP contribution in [-0.4, -0.2) is 52.4 Å². The van der Waals surface area contributed by atoms with Crippen LogP contribution in [0.15, 0.2) is 22.3 Å². The van der Waals surface area contributed by atoms with Crippen LogP contribution in [-0.2, 0) is 42.6 Å². The molecule has 0 saturated carbocycles. The summed E-state index contributed by atoms with van der Waals surface area (Å²) in [5, 5.41) is 14.1. The summed E-state index contributed by atoms with van der Waals surface area (Å²) in [7, 11) is 1.72. The summed E-state index contributed by atoms with van der Waals surface area (Å²) in [4.78, 5) is 6.30. The second-order valence-corrected chi connectivity index (χ2v) is 10.8. The third-order valence-electron chi connectivity index (χ3n) is 6.80. The molecule has 1 atom stereocenters. The van der Waals surface area contributed by atoms with E-state index < -0.39 is 9.84 Å². The van der Waals surface area contributed by atoms with Gasteiger partial charge >= 0.3 is 0 Å². The first-order chi connectivity index (χ1) is 15.3. The van der Waals surface area contributed by atoms with Crippen molar-refractivity contribution in [2.24, 2.45) is 7.05 Å². The lowest BCUT2D eigenvalue weighted by atomic mass is 9.99. The maximum Gasteiger partial charge on any atom is 0.260 e. The Morgan fingerprint density at radius 3 is 2.38 bits per heavy atom. The van der Waals surface area contributed by atoms with Crippen LogP contribution in [0.2, 0.25) is 0 Å². The van der Waals surface area contributed by atoms with Crippen LogP contribution in [0.5, 0.6) is 0 Å². The number of rotatable bonds is 6. The first-order valence-electron chi connectivity index (χ1n) is 11.1. The van der Waals surface area contributed by atoms with Gasteiger partial charge in [0.05, 0.1) is 5.69 Å². The molecule has 2 aliphatic rings. The minimum atomic E-state index is -3.91. The van der Waals surface area contributed by atoms with Gasteiger partial charge in [-0.1, -0.05) is 6.07 Å². The number of sulfone groups is 1. The van der Waals surface area contributed by atoms with E-state index in [0.29, 0.717) is 0 Å². The molecule has 3 aromatic rings. The SMILES string of the molecule is CC(c1cc(S(=O)(=O)c2nc(Nc3c4c(cc5c3CCC5)CCC4)n[nH]2)nn1C)N(C)C. The molecule has 2 N–H and O–H groups in total. The second-order valence-electron chi connectivity index (χ2n) is 9.00. The van der Waals surface area contributed by atoms with Crippen LogP contribution < -0.4 is 5.32 Å². The Morgan fingerprint density at radius 2 is 1.75 bits per heavy atom. The van der Waals surface area contributed by atoms with E-state index in [-0.39, 0.29) is 22.2 Å². The molecule has 0 fully saturated rings. The molecule has 9 nitrogen and oxygen atoms in total. The first-order valence-corrected chi connectivity index (χ1v) is 12.6. The largest absolute Gasteiger partial charge is 0.322 e. The van der Waals surface area contributed by atoms with Gasteiger partial charge in [0.2, 0.25) is 5.95 Å². The van der Waals surface area contributed by atoms with Crippen molar-refractivity contribution in [3.8, 4) is 0 Å². The molecular weight excluding hydrogens is 426 g/mol. The van der Waals surface area contributed by atoms with Crippen molar-refractivity contribution >= 4 is 21.5 Å². The van der Waals surface area contributed by atoms with Gasteiger partial charge in [0.1, 0.15) is 0 Å². The standard InChI is InChI=1S/C22H29N7O2S/c1-13(28(2)3)18-12-19(27-29(18)4)32(30,31)22-24-21(25-26-22)23-20-16-9-5-7-14(16)11-15-8-6-10-17(15)20/h11-13H,5-10H2,1-4H3,(H2,23,24,25,26). The molecule has 2 aliphatic carbocycles. The maximum atomic E-state index is 13.2. The van der Waals surface area contributed by atoms with E-state index in [9.17, 15) is 8.42 Å². The minimum absolute atomic E-state index is 0.0191. The van der Waals surface area contributed by atoms with E-state index in [1.165, 1.54) is 22.3 Å². The number of benzene rings is 1. The van der Waals surface area contributed by atoms with Crippen LogP contribution in [0.3, 0.4) is 0 Å². The van der Waals surface area contributed by atoms with Crippen molar-refractivity contribution in [2.45, 2.75) is 61.7 Å². The van der Waals surface area contributed by atoms with E-state index in [1.54, 1.807) is 17.8 Å². The first kappa shape index (κ1) is 21.1. The van der Waals surface area contributed by atoms with Crippen LogP contribution >= 0.6 is 0 Å². The van der Waals surface area contributed by atoms with Crippen molar-refractivity contribution in [3.05, 3.63) is 40.1 Å². The summed E-state index contributed by atoms with van der Waals surface area (Å²) in [6.45, 7) is 2.00. The molecule has 10 heteroatoms. The highest BCUT2D eigenvalue weighted by Gasteiger charge is 2.29. The number of aromatic amines is 1. The molecule has 1 unspecified atom stereocenters. The number of H-pyrrole nitrogens is 1. The van der Waals surface area contributed by atoms with Crippen molar-refractivity contribution in [1.82, 2.24) is 29.9 Å². The number of anilines is 2. The van der Waals surface area contributed by atoms with Crippen molar-refractivity contribution in [1.29, 1.82) is 0 Å². The van der Waals surface area contributed by atoms with Gasteiger partial charge in [0.15, 0.2) is 5.03 Å². The molecule has 0 saturated heterocycles. The fourth-order valence-electron chi connectivity index (χ4n) is 4.84. The molecule has 0 spiro atoms. The monoisotopic (exact) mass is 455 g/mol. The molecule has 0 aliphatic heterocycles. The smallest absolute Gasteiger partial charge is 0.260 e. The quantitative estimate of drug-likeness (QED) is 0.588. The summed E-state index contributed by atoms with van der Waals surface area (Å²) in [6.07, 6.45) is 6.54. The number of nitrogens with zero attached hydrogens (tertiary/aromatic N) is 5. The Morgan fingerprint density at radius 1 is 1.09 bits per heavy atom. The van der Waals surface area contributed by atoms with E-state index in [0.717, 1.165) is 49.9 Å². The Balaban J connectivity index is 1.46. The Kier molecular flexibility index (Phi) is 5.09. The van der Waals surface area contributed by atoms with Crippen molar-refractivity contribution in [2.75, 3.05) is 19.4 Å². The number of fused-ring (bicyclic) bond motifs is 2. The summed E-state index contributed by atoms with van der Waals surface area (Å²) < 4.78 is 28.0. The highest BCUT2D eigenvalue weighted by Crippen LogP contribution is 2.39. The molecule has 0 radical (unpaired) electrons. The number of hydrogen-bond donors (Lipinski definition) is 2. The van der Waals surface area contributed by atoms with Gasteiger partial charge in [0, 0.05) is 24.8 Å². The lowest BCUT2D eigenvalue weighted by molar-refractivity contribution is 0.307. The van der Waals surface area contributed by atoms with Crippen molar-refractivity contribution in [3.63, 3.8) is 0 Å².